The van der Waals surface area contributed by atoms with E-state index in [-0.39, 0.29) is 35.9 Å². The Morgan fingerprint density at radius 2 is 1.00 bits per heavy atom. The highest BCUT2D eigenvalue weighted by Crippen LogP contribution is 2.60. The fourth-order valence-corrected chi connectivity index (χ4v) is 6.17. The number of hydrogen-bond donors (Lipinski definition) is 1. The fourth-order valence-electron chi connectivity index (χ4n) is 6.17. The first-order valence-electron chi connectivity index (χ1n) is 12.1. The fraction of sp³-hybridized carbons (Fsp3) is 0.156. The van der Waals surface area contributed by atoms with Gasteiger partial charge in [-0.15, -0.1) is 0 Å². The third-order valence-corrected chi connectivity index (χ3v) is 7.85. The zero-order valence-electron chi connectivity index (χ0n) is 19.6. The minimum atomic E-state index is -1.36. The zero-order chi connectivity index (χ0) is 24.9. The second kappa shape index (κ2) is 8.42. The number of aromatic hydroxyl groups is 1. The molecular weight excluding hydrogens is 448 g/mol. The van der Waals surface area contributed by atoms with E-state index in [1.165, 1.54) is 0 Å². The van der Waals surface area contributed by atoms with Crippen molar-refractivity contribution in [2.24, 2.45) is 5.41 Å². The van der Waals surface area contributed by atoms with Crippen LogP contribution in [0.4, 0.5) is 0 Å². The Labute approximate surface area is 209 Å². The van der Waals surface area contributed by atoms with Crippen molar-refractivity contribution in [2.75, 3.05) is 0 Å². The van der Waals surface area contributed by atoms with Gasteiger partial charge in [-0.05, 0) is 34.4 Å². The van der Waals surface area contributed by atoms with Crippen molar-refractivity contribution in [2.45, 2.75) is 24.7 Å². The molecule has 0 aromatic heterocycles. The summed E-state index contributed by atoms with van der Waals surface area (Å²) < 4.78 is 0. The number of hydrogen-bond acceptors (Lipinski definition) is 4. The summed E-state index contributed by atoms with van der Waals surface area (Å²) in [4.78, 5) is 41.6. The molecule has 4 aromatic rings. The smallest absolute Gasteiger partial charge is 0.178 e. The Morgan fingerprint density at radius 3 is 1.53 bits per heavy atom. The Balaban J connectivity index is 1.51. The number of carbonyl (C=O) groups excluding carboxylic acids is 3. The van der Waals surface area contributed by atoms with Gasteiger partial charge in [0.25, 0.3) is 0 Å². The molecule has 0 amide bonds. The van der Waals surface area contributed by atoms with Crippen molar-refractivity contribution in [1.29, 1.82) is 0 Å². The SMILES string of the molecule is O=C1C[C@H](c2ccccc2)C2(C(=O)c3ccccc3C2=O)[C@H](c2ccc(-c3ccc(O)cc3)cc2)C1. The zero-order valence-corrected chi connectivity index (χ0v) is 19.6. The van der Waals surface area contributed by atoms with Gasteiger partial charge in [0.05, 0.1) is 0 Å². The maximum absolute atomic E-state index is 14.2. The van der Waals surface area contributed by atoms with Crippen LogP contribution in [-0.2, 0) is 4.79 Å². The first kappa shape index (κ1) is 22.2. The van der Waals surface area contributed by atoms with Crippen LogP contribution in [0.25, 0.3) is 11.1 Å². The molecule has 0 bridgehead atoms. The molecule has 1 spiro atoms. The number of fused-ring (bicyclic) bond motifs is 1. The van der Waals surface area contributed by atoms with Crippen molar-refractivity contribution in [3.05, 3.63) is 125 Å². The number of ketones is 3. The van der Waals surface area contributed by atoms with Gasteiger partial charge in [-0.1, -0.05) is 91.0 Å². The molecule has 4 heteroatoms. The van der Waals surface area contributed by atoms with Gasteiger partial charge in [-0.3, -0.25) is 14.4 Å². The highest BCUT2D eigenvalue weighted by molar-refractivity contribution is 6.31. The molecule has 1 saturated carbocycles. The Bertz CT molecular complexity index is 1450. The molecule has 1 N–H and O–H groups in total. The van der Waals surface area contributed by atoms with Crippen LogP contribution in [0.2, 0.25) is 0 Å². The molecule has 176 valence electrons. The average Bonchev–Trinajstić information content (AvgIpc) is 3.14. The number of rotatable bonds is 3. The van der Waals surface area contributed by atoms with E-state index < -0.39 is 17.3 Å². The van der Waals surface area contributed by atoms with Gasteiger partial charge in [0.2, 0.25) is 0 Å². The number of phenolic OH excluding ortho intramolecular Hbond substituents is 1. The van der Waals surface area contributed by atoms with Gasteiger partial charge >= 0.3 is 0 Å². The second-order valence-electron chi connectivity index (χ2n) is 9.70. The molecule has 6 rings (SSSR count). The lowest BCUT2D eigenvalue weighted by Gasteiger charge is -2.44. The Morgan fingerprint density at radius 1 is 0.556 bits per heavy atom. The molecular formula is C32H24O4. The second-order valence-corrected chi connectivity index (χ2v) is 9.70. The van der Waals surface area contributed by atoms with Crippen molar-refractivity contribution in [3.8, 4) is 16.9 Å². The third kappa shape index (κ3) is 3.25. The van der Waals surface area contributed by atoms with Crippen LogP contribution in [0, 0.1) is 5.41 Å². The molecule has 2 atom stereocenters. The van der Waals surface area contributed by atoms with Gasteiger partial charge in [0.1, 0.15) is 16.9 Å². The van der Waals surface area contributed by atoms with E-state index in [4.69, 9.17) is 0 Å². The van der Waals surface area contributed by atoms with Crippen LogP contribution in [0.5, 0.6) is 5.75 Å². The van der Waals surface area contributed by atoms with E-state index >= 15 is 0 Å². The Kier molecular flexibility index (Phi) is 5.18. The number of benzene rings is 4. The predicted octanol–water partition coefficient (Wildman–Crippen LogP) is 6.36. The van der Waals surface area contributed by atoms with Crippen LogP contribution in [0.1, 0.15) is 56.5 Å². The summed E-state index contributed by atoms with van der Waals surface area (Å²) in [5.41, 5.74) is 3.07. The molecule has 0 heterocycles. The summed E-state index contributed by atoms with van der Waals surface area (Å²) in [6.45, 7) is 0. The molecule has 2 aliphatic rings. The van der Waals surface area contributed by atoms with Crippen LogP contribution in [0.3, 0.4) is 0 Å². The summed E-state index contributed by atoms with van der Waals surface area (Å²) in [6, 6.07) is 31.2. The van der Waals surface area contributed by atoms with Crippen LogP contribution in [-0.4, -0.2) is 22.5 Å². The van der Waals surface area contributed by atoms with Crippen molar-refractivity contribution >= 4 is 17.3 Å². The lowest BCUT2D eigenvalue weighted by molar-refractivity contribution is -0.122. The maximum atomic E-state index is 14.2. The van der Waals surface area contributed by atoms with Crippen molar-refractivity contribution in [1.82, 2.24) is 0 Å². The van der Waals surface area contributed by atoms with Crippen LogP contribution in [0.15, 0.2) is 103 Å². The van der Waals surface area contributed by atoms with E-state index in [2.05, 4.69) is 0 Å². The first-order chi connectivity index (χ1) is 17.5. The number of phenols is 1. The van der Waals surface area contributed by atoms with Gasteiger partial charge in [0.15, 0.2) is 11.6 Å². The summed E-state index contributed by atoms with van der Waals surface area (Å²) in [5, 5.41) is 9.61. The summed E-state index contributed by atoms with van der Waals surface area (Å²) >= 11 is 0. The molecule has 36 heavy (non-hydrogen) atoms. The monoisotopic (exact) mass is 472 g/mol. The molecule has 4 aromatic carbocycles. The van der Waals surface area contributed by atoms with Gasteiger partial charge in [-0.25, -0.2) is 0 Å². The topological polar surface area (TPSA) is 71.4 Å². The highest BCUT2D eigenvalue weighted by Gasteiger charge is 2.64. The number of Topliss-reactive ketones (excluding diaryl/α,β-unsaturated/α-hetero) is 3. The van der Waals surface area contributed by atoms with E-state index in [0.717, 1.165) is 22.3 Å². The average molecular weight is 473 g/mol. The van der Waals surface area contributed by atoms with Crippen molar-refractivity contribution in [3.63, 3.8) is 0 Å². The lowest BCUT2D eigenvalue weighted by Crippen LogP contribution is -2.49. The molecule has 0 aliphatic heterocycles. The van der Waals surface area contributed by atoms with E-state index in [0.29, 0.717) is 11.1 Å². The molecule has 0 unspecified atom stereocenters. The predicted molar refractivity (Wildman–Crippen MR) is 137 cm³/mol. The summed E-state index contributed by atoms with van der Waals surface area (Å²) in [5.74, 6) is -1.21. The normalized spacial score (nSPS) is 20.5. The van der Waals surface area contributed by atoms with E-state index in [1.807, 2.05) is 66.7 Å². The highest BCUT2D eigenvalue weighted by atomic mass is 16.3. The van der Waals surface area contributed by atoms with E-state index in [1.54, 1.807) is 36.4 Å². The molecule has 0 saturated heterocycles. The van der Waals surface area contributed by atoms with Gasteiger partial charge in [0, 0.05) is 35.8 Å². The number of carbonyl (C=O) groups is 3. The van der Waals surface area contributed by atoms with E-state index in [9.17, 15) is 19.5 Å². The third-order valence-electron chi connectivity index (χ3n) is 7.85. The van der Waals surface area contributed by atoms with Crippen LogP contribution >= 0.6 is 0 Å². The van der Waals surface area contributed by atoms with Crippen LogP contribution < -0.4 is 0 Å². The minimum absolute atomic E-state index is 0.0543. The van der Waals surface area contributed by atoms with Gasteiger partial charge < -0.3 is 5.11 Å². The van der Waals surface area contributed by atoms with Gasteiger partial charge in [-0.2, -0.15) is 0 Å². The Hall–Kier alpha value is -4.31. The van der Waals surface area contributed by atoms with Crippen molar-refractivity contribution < 1.29 is 19.5 Å². The lowest BCUT2D eigenvalue weighted by atomic mass is 9.54. The molecule has 1 fully saturated rings. The molecule has 0 radical (unpaired) electrons. The summed E-state index contributed by atoms with van der Waals surface area (Å²) in [7, 11) is 0. The largest absolute Gasteiger partial charge is 0.508 e. The standard InChI is InChI=1S/C32H24O4/c33-24-16-14-21(15-17-24)20-10-12-23(13-11-20)29-19-25(34)18-28(22-6-2-1-3-7-22)32(29)30(35)26-8-4-5-9-27(26)31(32)36/h1-17,28-29,33H,18-19H2/t28-,29+/m1/s1. The maximum Gasteiger partial charge on any atom is 0.178 e. The minimum Gasteiger partial charge on any atom is -0.508 e. The molecule has 4 nitrogen and oxygen atoms in total. The summed E-state index contributed by atoms with van der Waals surface area (Å²) in [6.07, 6.45) is 0.310. The molecule has 2 aliphatic carbocycles. The first-order valence-corrected chi connectivity index (χ1v) is 12.1. The quantitative estimate of drug-likeness (QED) is 0.353.